The Bertz CT molecular complexity index is 211. The van der Waals surface area contributed by atoms with Crippen LogP contribution in [-0.4, -0.2) is 30.6 Å². The van der Waals surface area contributed by atoms with E-state index in [2.05, 4.69) is 0 Å². The molecule has 4 nitrogen and oxygen atoms in total. The molecule has 1 unspecified atom stereocenters. The highest BCUT2D eigenvalue weighted by molar-refractivity contribution is 8.56. The Hall–Kier alpha value is 0.01000. The maximum absolute atomic E-state index is 11.7. The van der Waals surface area contributed by atoms with E-state index in [1.165, 1.54) is 18.5 Å². The highest BCUT2D eigenvalue weighted by Gasteiger charge is 2.18. The van der Waals surface area contributed by atoms with Crippen molar-refractivity contribution in [2.45, 2.75) is 25.7 Å². The lowest BCUT2D eigenvalue weighted by atomic mass is 10.2. The Morgan fingerprint density at radius 1 is 1.43 bits per heavy atom. The van der Waals surface area contributed by atoms with E-state index in [1.807, 2.05) is 0 Å². The van der Waals surface area contributed by atoms with Gasteiger partial charge in [-0.05, 0) is 19.1 Å². The zero-order chi connectivity index (χ0) is 11.0. The molecule has 0 aromatic heterocycles. The van der Waals surface area contributed by atoms with Crippen molar-refractivity contribution in [3.8, 4) is 0 Å². The third kappa shape index (κ3) is 6.46. The molecule has 0 aliphatic heterocycles. The highest BCUT2D eigenvalue weighted by Crippen LogP contribution is 2.57. The van der Waals surface area contributed by atoms with Gasteiger partial charge in [-0.1, -0.05) is 17.8 Å². The van der Waals surface area contributed by atoms with Crippen LogP contribution in [0.15, 0.2) is 0 Å². The van der Waals surface area contributed by atoms with E-state index in [9.17, 15) is 9.36 Å². The van der Waals surface area contributed by atoms with Crippen molar-refractivity contribution in [2.75, 3.05) is 19.5 Å². The van der Waals surface area contributed by atoms with Crippen LogP contribution in [0.25, 0.3) is 0 Å². The molecule has 14 heavy (non-hydrogen) atoms. The van der Waals surface area contributed by atoms with Crippen molar-refractivity contribution >= 4 is 23.9 Å². The lowest BCUT2D eigenvalue weighted by Crippen LogP contribution is -1.95. The van der Waals surface area contributed by atoms with Crippen molar-refractivity contribution in [2.24, 2.45) is 0 Å². The average Bonchev–Trinajstić information content (AvgIpc) is 2.16. The number of carbonyl (C=O) groups is 1. The fourth-order valence-corrected chi connectivity index (χ4v) is 3.52. The summed E-state index contributed by atoms with van der Waals surface area (Å²) in [6, 6.07) is 0. The van der Waals surface area contributed by atoms with Crippen molar-refractivity contribution in [1.29, 1.82) is 0 Å². The molecule has 0 bridgehead atoms. The van der Waals surface area contributed by atoms with Gasteiger partial charge in [0.2, 0.25) is 0 Å². The molecule has 0 aromatic carbocycles. The summed E-state index contributed by atoms with van der Waals surface area (Å²) < 4.78 is 16.6. The average molecular weight is 240 g/mol. The zero-order valence-corrected chi connectivity index (χ0v) is 10.3. The number of unbranched alkanes of at least 4 members (excludes halogenated alkanes) is 2. The molecule has 0 rings (SSSR count). The van der Waals surface area contributed by atoms with E-state index in [0.29, 0.717) is 12.6 Å². The van der Waals surface area contributed by atoms with Crippen molar-refractivity contribution < 1.29 is 19.0 Å². The zero-order valence-electron chi connectivity index (χ0n) is 8.56. The smallest absolute Gasteiger partial charge is 0.303 e. The Morgan fingerprint density at radius 2 is 2.07 bits per heavy atom. The molecule has 0 amide bonds. The van der Waals surface area contributed by atoms with Gasteiger partial charge >= 0.3 is 5.97 Å². The first-order chi connectivity index (χ1) is 6.54. The molecule has 0 saturated heterocycles. The monoisotopic (exact) mass is 240 g/mol. The van der Waals surface area contributed by atoms with Gasteiger partial charge in [-0.2, -0.15) is 0 Å². The summed E-state index contributed by atoms with van der Waals surface area (Å²) in [4.78, 5) is 10.2. The van der Waals surface area contributed by atoms with Crippen LogP contribution in [-0.2, 0) is 13.9 Å². The van der Waals surface area contributed by atoms with Gasteiger partial charge < -0.3 is 9.63 Å². The Morgan fingerprint density at radius 3 is 2.50 bits per heavy atom. The normalized spacial score (nSPS) is 15.0. The number of rotatable bonds is 8. The summed E-state index contributed by atoms with van der Waals surface area (Å²) in [5.74, 6) is -0.773. The predicted octanol–water partition coefficient (Wildman–Crippen LogP) is 2.83. The van der Waals surface area contributed by atoms with E-state index in [1.54, 1.807) is 6.26 Å². The van der Waals surface area contributed by atoms with Crippen LogP contribution in [0.2, 0.25) is 0 Å². The molecular formula is C8H17O4PS. The number of carboxylic acid groups (broad SMARTS) is 1. The number of hydrogen-bond donors (Lipinski definition) is 1. The highest BCUT2D eigenvalue weighted by atomic mass is 32.7. The molecule has 6 heteroatoms. The number of carboxylic acids is 1. The maximum Gasteiger partial charge on any atom is 0.303 e. The molecule has 0 heterocycles. The molecule has 0 aromatic rings. The summed E-state index contributed by atoms with van der Waals surface area (Å²) in [5.41, 5.74) is 0. The standard InChI is InChI=1S/C8H17O4PS/c1-12-13(11,14-2)7-5-3-4-6-8(9)10/h3-7H2,1-2H3,(H,9,10). The first-order valence-electron chi connectivity index (χ1n) is 4.46. The van der Waals surface area contributed by atoms with Crippen LogP contribution in [0.3, 0.4) is 0 Å². The van der Waals surface area contributed by atoms with Gasteiger partial charge in [0.15, 0.2) is 0 Å². The SMILES string of the molecule is COP(=O)(CCCCCC(=O)O)SC. The lowest BCUT2D eigenvalue weighted by Gasteiger charge is -2.12. The maximum atomic E-state index is 11.7. The Balaban J connectivity index is 3.53. The van der Waals surface area contributed by atoms with E-state index >= 15 is 0 Å². The minimum absolute atomic E-state index is 0.191. The topological polar surface area (TPSA) is 63.6 Å². The summed E-state index contributed by atoms with van der Waals surface area (Å²) in [6.07, 6.45) is 4.69. The lowest BCUT2D eigenvalue weighted by molar-refractivity contribution is -0.137. The van der Waals surface area contributed by atoms with Crippen LogP contribution in [0.1, 0.15) is 25.7 Å². The molecule has 0 spiro atoms. The van der Waals surface area contributed by atoms with E-state index in [-0.39, 0.29) is 6.42 Å². The fraction of sp³-hybridized carbons (Fsp3) is 0.875. The third-order valence-corrected chi connectivity index (χ3v) is 6.52. The van der Waals surface area contributed by atoms with Crippen LogP contribution in [0.5, 0.6) is 0 Å². The largest absolute Gasteiger partial charge is 0.481 e. The Kier molecular flexibility index (Phi) is 7.33. The molecule has 1 atom stereocenters. The third-order valence-electron chi connectivity index (χ3n) is 1.88. The fourth-order valence-electron chi connectivity index (χ4n) is 1.02. The van der Waals surface area contributed by atoms with Gasteiger partial charge in [0.25, 0.3) is 6.57 Å². The second kappa shape index (κ2) is 7.32. The number of aliphatic carboxylic acids is 1. The summed E-state index contributed by atoms with van der Waals surface area (Å²) >= 11 is 1.25. The van der Waals surface area contributed by atoms with Crippen molar-refractivity contribution in [3.05, 3.63) is 0 Å². The summed E-state index contributed by atoms with van der Waals surface area (Å²) in [7, 11) is 1.45. The molecule has 0 radical (unpaired) electrons. The van der Waals surface area contributed by atoms with Gasteiger partial charge in [0, 0.05) is 19.7 Å². The van der Waals surface area contributed by atoms with Crippen LogP contribution >= 0.6 is 18.0 Å². The molecule has 0 aliphatic rings. The van der Waals surface area contributed by atoms with Crippen molar-refractivity contribution in [3.63, 3.8) is 0 Å². The molecule has 84 valence electrons. The second-order valence-electron chi connectivity index (χ2n) is 2.90. The van der Waals surface area contributed by atoms with E-state index in [0.717, 1.165) is 12.8 Å². The summed E-state index contributed by atoms with van der Waals surface area (Å²) in [6.45, 7) is -2.48. The minimum Gasteiger partial charge on any atom is -0.481 e. The first kappa shape index (κ1) is 14.0. The van der Waals surface area contributed by atoms with Gasteiger partial charge in [-0.25, -0.2) is 0 Å². The molecule has 0 fully saturated rings. The first-order valence-corrected chi connectivity index (χ1v) is 8.10. The minimum atomic E-state index is -2.48. The van der Waals surface area contributed by atoms with Crippen LogP contribution in [0.4, 0.5) is 0 Å². The van der Waals surface area contributed by atoms with E-state index < -0.39 is 12.5 Å². The van der Waals surface area contributed by atoms with Gasteiger partial charge in [-0.3, -0.25) is 9.36 Å². The predicted molar refractivity (Wildman–Crippen MR) is 59.1 cm³/mol. The van der Waals surface area contributed by atoms with Crippen LogP contribution in [0, 0.1) is 0 Å². The molecule has 1 N–H and O–H groups in total. The molecule has 0 aliphatic carbocycles. The second-order valence-corrected chi connectivity index (χ2v) is 8.07. The van der Waals surface area contributed by atoms with Crippen LogP contribution < -0.4 is 0 Å². The van der Waals surface area contributed by atoms with Gasteiger partial charge in [0.05, 0.1) is 0 Å². The van der Waals surface area contributed by atoms with Gasteiger partial charge in [-0.15, -0.1) is 0 Å². The van der Waals surface area contributed by atoms with Gasteiger partial charge in [0.1, 0.15) is 0 Å². The van der Waals surface area contributed by atoms with Crippen molar-refractivity contribution in [1.82, 2.24) is 0 Å². The Labute approximate surface area is 88.6 Å². The summed E-state index contributed by atoms with van der Waals surface area (Å²) in [5, 5.41) is 8.38. The quantitative estimate of drug-likeness (QED) is 0.522. The van der Waals surface area contributed by atoms with E-state index in [4.69, 9.17) is 9.63 Å². The number of hydrogen-bond acceptors (Lipinski definition) is 4. The molecular weight excluding hydrogens is 223 g/mol. The molecule has 0 saturated carbocycles.